The fraction of sp³-hybridized carbons (Fsp3) is 0.463. The number of methoxy groups -OCH3 is 1. The van der Waals surface area contributed by atoms with Crippen LogP contribution in [0.3, 0.4) is 0 Å². The number of phenolic OH excluding ortho intramolecular Hbond substituents is 2. The molecule has 3 heterocycles. The van der Waals surface area contributed by atoms with Crippen LogP contribution < -0.4 is 15.4 Å². The monoisotopic (exact) mass is 913 g/mol. The maximum atomic E-state index is 14.0. The van der Waals surface area contributed by atoms with Crippen molar-refractivity contribution >= 4 is 59.0 Å². The Morgan fingerprint density at radius 1 is 1.00 bits per heavy atom. The average molecular weight is 914 g/mol. The van der Waals surface area contributed by atoms with E-state index in [1.54, 1.807) is 0 Å². The lowest BCUT2D eigenvalue weighted by molar-refractivity contribution is -0.249. The van der Waals surface area contributed by atoms with E-state index < -0.39 is 149 Å². The molecule has 0 aromatic heterocycles. The molecule has 342 valence electrons. The van der Waals surface area contributed by atoms with Gasteiger partial charge in [-0.2, -0.15) is 0 Å². The summed E-state index contributed by atoms with van der Waals surface area (Å²) in [5, 5.41) is 78.8. The maximum absolute atomic E-state index is 14.0. The summed E-state index contributed by atoms with van der Waals surface area (Å²) in [4.78, 5) is 103. The number of ketones is 3. The Morgan fingerprint density at radius 3 is 2.39 bits per heavy atom. The number of thioether (sulfide) groups is 1. The number of fused-ring (bicyclic) bond motifs is 4. The van der Waals surface area contributed by atoms with Crippen LogP contribution in [0.25, 0.3) is 0 Å². The number of rotatable bonds is 14. The van der Waals surface area contributed by atoms with Crippen molar-refractivity contribution in [1.29, 1.82) is 0 Å². The van der Waals surface area contributed by atoms with E-state index in [1.165, 1.54) is 32.2 Å². The number of aromatic hydroxyl groups is 2. The number of phenols is 2. The maximum Gasteiger partial charge on any atom is 0.407 e. The molecule has 2 aromatic rings. The molecule has 9 N–H and O–H groups in total. The zero-order valence-corrected chi connectivity index (χ0v) is 34.8. The van der Waals surface area contributed by atoms with Crippen molar-refractivity contribution in [3.05, 3.63) is 62.8 Å². The van der Waals surface area contributed by atoms with E-state index in [0.717, 1.165) is 16.7 Å². The molecular weight excluding hydrogens is 871 g/mol. The van der Waals surface area contributed by atoms with Crippen molar-refractivity contribution in [3.8, 4) is 17.2 Å². The fourth-order valence-corrected chi connectivity index (χ4v) is 9.97. The summed E-state index contributed by atoms with van der Waals surface area (Å²) in [7, 11) is 1.27. The van der Waals surface area contributed by atoms with Crippen LogP contribution >= 0.6 is 11.8 Å². The number of amides is 3. The Morgan fingerprint density at radius 2 is 1.72 bits per heavy atom. The summed E-state index contributed by atoms with van der Waals surface area (Å²) < 4.78 is 22.7. The lowest BCUT2D eigenvalue weighted by Gasteiger charge is -2.49. The number of β-lactam (4-membered cyclic amide) rings is 1. The summed E-state index contributed by atoms with van der Waals surface area (Å²) >= 11 is 1.10. The van der Waals surface area contributed by atoms with Gasteiger partial charge in [0.05, 0.1) is 42.0 Å². The van der Waals surface area contributed by atoms with Gasteiger partial charge in [0.1, 0.15) is 59.3 Å². The Bertz CT molecular complexity index is 2400. The highest BCUT2D eigenvalue weighted by atomic mass is 32.2. The Kier molecular flexibility index (Phi) is 12.8. The van der Waals surface area contributed by atoms with Crippen LogP contribution in [0.5, 0.6) is 17.2 Å². The first kappa shape index (κ1) is 45.9. The van der Waals surface area contributed by atoms with E-state index >= 15 is 0 Å². The Balaban J connectivity index is 1.08. The van der Waals surface area contributed by atoms with Gasteiger partial charge in [-0.05, 0) is 19.4 Å². The molecular formula is C41H43N3O19S. The van der Waals surface area contributed by atoms with E-state index in [9.17, 15) is 69.0 Å². The van der Waals surface area contributed by atoms with Gasteiger partial charge < -0.3 is 65.3 Å². The number of carbonyl (C=O) groups is 8. The summed E-state index contributed by atoms with van der Waals surface area (Å²) in [6.07, 6.45) is -8.75. The molecule has 0 bridgehead atoms. The van der Waals surface area contributed by atoms with Crippen molar-refractivity contribution in [2.45, 2.75) is 93.1 Å². The summed E-state index contributed by atoms with van der Waals surface area (Å²) in [6, 6.07) is 1.93. The van der Waals surface area contributed by atoms with Gasteiger partial charge in [0, 0.05) is 60.1 Å². The van der Waals surface area contributed by atoms with Crippen molar-refractivity contribution < 1.29 is 93.0 Å². The van der Waals surface area contributed by atoms with Gasteiger partial charge in [-0.15, -0.1) is 11.8 Å². The van der Waals surface area contributed by atoms with Crippen LogP contribution in [0.15, 0.2) is 29.5 Å². The minimum atomic E-state index is -2.44. The highest BCUT2D eigenvalue weighted by Crippen LogP contribution is 2.52. The fourth-order valence-electron chi connectivity index (χ4n) is 8.64. The number of hydrogen-bond acceptors (Lipinski definition) is 18. The molecule has 2 saturated heterocycles. The summed E-state index contributed by atoms with van der Waals surface area (Å²) in [6.45, 7) is -0.337. The van der Waals surface area contributed by atoms with Gasteiger partial charge >= 0.3 is 18.0 Å². The van der Waals surface area contributed by atoms with E-state index in [-0.39, 0.29) is 65.0 Å². The number of ether oxygens (including phenoxy) is 4. The molecule has 0 saturated carbocycles. The quantitative estimate of drug-likeness (QED) is 0.0744. The van der Waals surface area contributed by atoms with Crippen LogP contribution in [0.1, 0.15) is 88.1 Å². The van der Waals surface area contributed by atoms with Crippen LogP contribution in [-0.4, -0.2) is 155 Å². The SMILES string of the molecule is COc1cccc2c1C(=O)c1c(O)c3c(c(O)c1C2=O)C[C@@](O)(C(=O)CO)C[C@@H]3O[C@H]1C[C@H](NC(=O)OCC2=C(C(=O)O)N3C(=O)[C@@H](NC(=O)CCCC(=O)O)[C@H]3SC2)[C@H](O)[C@H](C)O1. The number of Topliss-reactive ketones (excluding diaryl/α,β-unsaturated/α-hetero) is 1. The van der Waals surface area contributed by atoms with Crippen molar-refractivity contribution in [2.75, 3.05) is 26.1 Å². The number of aliphatic hydroxyl groups excluding tert-OH is 2. The molecule has 2 aromatic carbocycles. The molecule has 5 aliphatic rings. The number of hydrogen-bond donors (Lipinski definition) is 9. The van der Waals surface area contributed by atoms with Crippen LogP contribution in [-0.2, 0) is 44.6 Å². The number of nitrogens with zero attached hydrogens (tertiary/aromatic N) is 1. The number of benzene rings is 2. The first-order valence-corrected chi connectivity index (χ1v) is 20.9. The van der Waals surface area contributed by atoms with Crippen molar-refractivity contribution in [3.63, 3.8) is 0 Å². The predicted molar refractivity (Wildman–Crippen MR) is 213 cm³/mol. The lowest BCUT2D eigenvalue weighted by atomic mass is 9.72. The molecule has 3 aliphatic heterocycles. The number of aliphatic hydroxyl groups is 3. The number of carboxylic acids is 2. The normalized spacial score (nSPS) is 27.0. The van der Waals surface area contributed by atoms with Gasteiger partial charge in [-0.3, -0.25) is 33.7 Å². The first-order chi connectivity index (χ1) is 30.3. The van der Waals surface area contributed by atoms with Crippen LogP contribution in [0.4, 0.5) is 4.79 Å². The number of carbonyl (C=O) groups excluding carboxylic acids is 6. The lowest BCUT2D eigenvalue weighted by Crippen LogP contribution is -2.70. The first-order valence-electron chi connectivity index (χ1n) is 19.9. The minimum absolute atomic E-state index is 0.00903. The zero-order valence-electron chi connectivity index (χ0n) is 34.0. The molecule has 0 unspecified atom stereocenters. The minimum Gasteiger partial charge on any atom is -0.507 e. The number of alkyl carbamates (subject to hydrolysis) is 1. The number of nitrogens with one attached hydrogen (secondary N) is 2. The van der Waals surface area contributed by atoms with E-state index in [1.807, 2.05) is 0 Å². The Labute approximate surface area is 366 Å². The molecule has 7 rings (SSSR count). The summed E-state index contributed by atoms with van der Waals surface area (Å²) in [5.74, 6) is -8.41. The smallest absolute Gasteiger partial charge is 0.407 e. The van der Waals surface area contributed by atoms with E-state index in [2.05, 4.69) is 10.6 Å². The topological polar surface area (TPSA) is 342 Å². The average Bonchev–Trinajstić information content (AvgIpc) is 3.25. The molecule has 64 heavy (non-hydrogen) atoms. The second-order valence-electron chi connectivity index (χ2n) is 15.8. The Hall–Kier alpha value is -6.11. The summed E-state index contributed by atoms with van der Waals surface area (Å²) in [5.41, 5.74) is -4.98. The van der Waals surface area contributed by atoms with Crippen molar-refractivity contribution in [2.24, 2.45) is 0 Å². The zero-order chi connectivity index (χ0) is 46.5. The molecule has 2 aliphatic carbocycles. The van der Waals surface area contributed by atoms with Gasteiger partial charge in [0.2, 0.25) is 11.7 Å². The van der Waals surface area contributed by atoms with Gasteiger partial charge in [-0.25, -0.2) is 9.59 Å². The number of carboxylic acid groups (broad SMARTS) is 2. The van der Waals surface area contributed by atoms with Gasteiger partial charge in [0.25, 0.3) is 5.91 Å². The molecule has 3 amide bonds. The molecule has 0 spiro atoms. The predicted octanol–water partition coefficient (Wildman–Crippen LogP) is -0.238. The highest BCUT2D eigenvalue weighted by molar-refractivity contribution is 8.00. The highest BCUT2D eigenvalue weighted by Gasteiger charge is 2.55. The molecule has 22 nitrogen and oxygen atoms in total. The van der Waals surface area contributed by atoms with Crippen LogP contribution in [0.2, 0.25) is 0 Å². The van der Waals surface area contributed by atoms with Crippen LogP contribution in [0, 0.1) is 0 Å². The van der Waals surface area contributed by atoms with Crippen molar-refractivity contribution in [1.82, 2.24) is 15.5 Å². The van der Waals surface area contributed by atoms with Gasteiger partial charge in [0.15, 0.2) is 17.9 Å². The van der Waals surface area contributed by atoms with E-state index in [4.69, 9.17) is 24.1 Å². The number of aliphatic carboxylic acids is 2. The standard InChI is InChI=1S/C41H43N3O19S/c1-15-32(50)19(42-40(58)61-13-16-14-64-38-30(37(55)44(38)31(16)39(56)57)43-23(47)7-4-8-24(48)49)9-25(62-15)63-21-11-41(59,22(46)12-45)10-18-27(21)36(54)29-28(34(18)52)33(51)17-5-3-6-20(60-2)26(17)35(29)53/h3,5-6,15,19,21,25,30,32,38,45,50,52,54,59H,4,7-14H2,1-2H3,(H,42,58)(H,43,47)(H,48,49)(H,56,57)/t15-,19-,21-,25-,30+,32+,38+,41-/m0/s1. The largest absolute Gasteiger partial charge is 0.507 e. The van der Waals surface area contributed by atoms with E-state index in [0.29, 0.717) is 0 Å². The third-order valence-electron chi connectivity index (χ3n) is 11.8. The third-order valence-corrected chi connectivity index (χ3v) is 13.1. The second-order valence-corrected chi connectivity index (χ2v) is 16.9. The molecule has 8 atom stereocenters. The van der Waals surface area contributed by atoms with Gasteiger partial charge in [-0.1, -0.05) is 12.1 Å². The molecule has 2 fully saturated rings. The molecule has 0 radical (unpaired) electrons. The third kappa shape index (κ3) is 8.13. The molecule has 23 heteroatoms. The second kappa shape index (κ2) is 17.8.